The van der Waals surface area contributed by atoms with E-state index in [9.17, 15) is 0 Å². The van der Waals surface area contributed by atoms with E-state index in [0.29, 0.717) is 17.5 Å². The molecule has 0 aliphatic heterocycles. The molecule has 0 unspecified atom stereocenters. The van der Waals surface area contributed by atoms with Gasteiger partial charge in [0.25, 0.3) is 0 Å². The molecule has 3 aromatic heterocycles. The van der Waals surface area contributed by atoms with E-state index in [4.69, 9.17) is 20.1 Å². The molecule has 0 aliphatic carbocycles. The van der Waals surface area contributed by atoms with Crippen LogP contribution in [-0.2, 0) is 0 Å². The van der Waals surface area contributed by atoms with Gasteiger partial charge in [0.15, 0.2) is 17.5 Å². The molecule has 0 amide bonds. The molecule has 7 rings (SSSR count). The van der Waals surface area contributed by atoms with Crippen molar-refractivity contribution in [1.82, 2.24) is 24.6 Å². The Kier molecular flexibility index (Phi) is 5.03. The third-order valence-electron chi connectivity index (χ3n) is 6.45. The second kappa shape index (κ2) is 8.81. The maximum absolute atomic E-state index is 4.94. The zero-order valence-corrected chi connectivity index (χ0v) is 19.9. The summed E-state index contributed by atoms with van der Waals surface area (Å²) in [6, 6.07) is 42.9. The molecule has 0 bridgehead atoms. The Balaban J connectivity index is 1.37. The quantitative estimate of drug-likeness (QED) is 0.267. The van der Waals surface area contributed by atoms with Crippen LogP contribution in [0.5, 0.6) is 0 Å². The lowest BCUT2D eigenvalue weighted by Crippen LogP contribution is -2.00. The van der Waals surface area contributed by atoms with E-state index < -0.39 is 0 Å². The zero-order valence-electron chi connectivity index (χ0n) is 19.9. The first kappa shape index (κ1) is 21.1. The number of fused-ring (bicyclic) bond motifs is 3. The van der Waals surface area contributed by atoms with Gasteiger partial charge in [0.2, 0.25) is 0 Å². The highest BCUT2D eigenvalue weighted by Gasteiger charge is 2.14. The van der Waals surface area contributed by atoms with Crippen molar-refractivity contribution in [3.05, 3.63) is 127 Å². The van der Waals surface area contributed by atoms with Gasteiger partial charge < -0.3 is 0 Å². The molecule has 3 heterocycles. The Bertz CT molecular complexity index is 1820. The van der Waals surface area contributed by atoms with Crippen LogP contribution in [0.4, 0.5) is 0 Å². The summed E-state index contributed by atoms with van der Waals surface area (Å²) in [6.07, 6.45) is 0. The van der Waals surface area contributed by atoms with E-state index in [1.807, 2.05) is 89.4 Å². The summed E-state index contributed by atoms with van der Waals surface area (Å²) in [4.78, 5) is 14.5. The van der Waals surface area contributed by atoms with Crippen LogP contribution in [0.1, 0.15) is 0 Å². The minimum absolute atomic E-state index is 0.628. The monoisotopic (exact) mass is 475 g/mol. The molecule has 0 saturated carbocycles. The van der Waals surface area contributed by atoms with Crippen LogP contribution in [0.25, 0.3) is 61.8 Å². The van der Waals surface area contributed by atoms with Crippen LogP contribution >= 0.6 is 0 Å². The molecule has 5 nitrogen and oxygen atoms in total. The van der Waals surface area contributed by atoms with E-state index in [-0.39, 0.29) is 0 Å². The fraction of sp³-hybridized carbons (Fsp3) is 0. The lowest BCUT2D eigenvalue weighted by molar-refractivity contribution is 1.01. The topological polar surface area (TPSA) is 56.0 Å². The maximum Gasteiger partial charge on any atom is 0.164 e. The fourth-order valence-corrected chi connectivity index (χ4v) is 4.60. The van der Waals surface area contributed by atoms with E-state index in [1.165, 1.54) is 0 Å². The summed E-state index contributed by atoms with van der Waals surface area (Å²) in [5.74, 6) is 1.92. The van der Waals surface area contributed by atoms with E-state index in [1.54, 1.807) is 0 Å². The molecule has 7 aromatic rings. The van der Waals surface area contributed by atoms with Crippen LogP contribution in [-0.4, -0.2) is 24.6 Å². The maximum atomic E-state index is 4.94. The van der Waals surface area contributed by atoms with Gasteiger partial charge in [-0.05, 0) is 24.3 Å². The smallest absolute Gasteiger partial charge is 0.164 e. The van der Waals surface area contributed by atoms with Gasteiger partial charge in [-0.15, -0.1) is 0 Å². The summed E-state index contributed by atoms with van der Waals surface area (Å²) in [5, 5.41) is 6.10. The number of benzene rings is 4. The van der Waals surface area contributed by atoms with Crippen molar-refractivity contribution in [1.29, 1.82) is 0 Å². The van der Waals surface area contributed by atoms with Gasteiger partial charge in [-0.3, -0.25) is 0 Å². The molecule has 37 heavy (non-hydrogen) atoms. The summed E-state index contributed by atoms with van der Waals surface area (Å²) in [6.45, 7) is 0. The van der Waals surface area contributed by atoms with E-state index in [2.05, 4.69) is 42.5 Å². The van der Waals surface area contributed by atoms with Crippen molar-refractivity contribution in [2.45, 2.75) is 0 Å². The second-order valence-corrected chi connectivity index (χ2v) is 8.88. The van der Waals surface area contributed by atoms with Crippen LogP contribution in [0, 0.1) is 0 Å². The first-order chi connectivity index (χ1) is 18.3. The Morgan fingerprint density at radius 1 is 0.432 bits per heavy atom. The van der Waals surface area contributed by atoms with Crippen molar-refractivity contribution in [2.75, 3.05) is 0 Å². The minimum Gasteiger partial charge on any atom is -0.232 e. The first-order valence-corrected chi connectivity index (χ1v) is 12.2. The van der Waals surface area contributed by atoms with Gasteiger partial charge in [-0.1, -0.05) is 103 Å². The SMILES string of the molecule is c1ccc(-c2nc(-c3ccccc3)nc(-c3cccc(-c4cc5ccc6ccccc6n5n4)c3)n2)cc1. The molecular weight excluding hydrogens is 454 g/mol. The number of para-hydroxylation sites is 1. The van der Waals surface area contributed by atoms with Gasteiger partial charge in [0, 0.05) is 27.6 Å². The second-order valence-electron chi connectivity index (χ2n) is 8.88. The Morgan fingerprint density at radius 2 is 1.00 bits per heavy atom. The van der Waals surface area contributed by atoms with Gasteiger partial charge >= 0.3 is 0 Å². The number of hydrogen-bond donors (Lipinski definition) is 0. The minimum atomic E-state index is 0.628. The molecule has 0 fully saturated rings. The normalized spacial score (nSPS) is 11.2. The summed E-state index contributed by atoms with van der Waals surface area (Å²) in [5.41, 5.74) is 6.86. The predicted octanol–water partition coefficient (Wildman–Crippen LogP) is 7.34. The largest absolute Gasteiger partial charge is 0.232 e. The standard InChI is InChI=1S/C32H21N5/c1-3-11-23(12-4-1)30-33-31(24-13-5-2-6-14-24)35-32(34-30)26-16-9-15-25(20-26)28-21-27-19-18-22-10-7-8-17-29(22)37(27)36-28/h1-21H. The molecule has 0 saturated heterocycles. The van der Waals surface area contributed by atoms with Crippen LogP contribution in [0.2, 0.25) is 0 Å². The number of hydrogen-bond acceptors (Lipinski definition) is 4. The summed E-state index contributed by atoms with van der Waals surface area (Å²) in [7, 11) is 0. The van der Waals surface area contributed by atoms with Crippen LogP contribution in [0.15, 0.2) is 127 Å². The molecule has 5 heteroatoms. The number of pyridine rings is 1. The van der Waals surface area contributed by atoms with Crippen LogP contribution < -0.4 is 0 Å². The lowest BCUT2D eigenvalue weighted by Gasteiger charge is -2.09. The van der Waals surface area contributed by atoms with Gasteiger partial charge in [0.05, 0.1) is 16.7 Å². The highest BCUT2D eigenvalue weighted by molar-refractivity contribution is 5.84. The lowest BCUT2D eigenvalue weighted by atomic mass is 10.1. The average molecular weight is 476 g/mol. The summed E-state index contributed by atoms with van der Waals surface area (Å²) < 4.78 is 2.00. The summed E-state index contributed by atoms with van der Waals surface area (Å²) >= 11 is 0. The number of nitrogens with zero attached hydrogens (tertiary/aromatic N) is 5. The highest BCUT2D eigenvalue weighted by Crippen LogP contribution is 2.29. The fourth-order valence-electron chi connectivity index (χ4n) is 4.60. The van der Waals surface area contributed by atoms with Crippen molar-refractivity contribution in [3.8, 4) is 45.4 Å². The van der Waals surface area contributed by atoms with Crippen molar-refractivity contribution >= 4 is 16.4 Å². The molecular formula is C32H21N5. The molecule has 4 aromatic carbocycles. The van der Waals surface area contributed by atoms with E-state index in [0.717, 1.165) is 44.4 Å². The highest BCUT2D eigenvalue weighted by atomic mass is 15.2. The Morgan fingerprint density at radius 3 is 1.70 bits per heavy atom. The van der Waals surface area contributed by atoms with Crippen molar-refractivity contribution in [3.63, 3.8) is 0 Å². The van der Waals surface area contributed by atoms with E-state index >= 15 is 0 Å². The molecule has 0 aliphatic rings. The van der Waals surface area contributed by atoms with Crippen LogP contribution in [0.3, 0.4) is 0 Å². The molecule has 0 spiro atoms. The van der Waals surface area contributed by atoms with Gasteiger partial charge in [-0.2, -0.15) is 5.10 Å². The van der Waals surface area contributed by atoms with Gasteiger partial charge in [-0.25, -0.2) is 19.5 Å². The predicted molar refractivity (Wildman–Crippen MR) is 148 cm³/mol. The molecule has 0 N–H and O–H groups in total. The Labute approximate surface area is 213 Å². The third kappa shape index (κ3) is 3.93. The molecule has 0 atom stereocenters. The Hall–Kier alpha value is -5.16. The third-order valence-corrected chi connectivity index (χ3v) is 6.45. The molecule has 0 radical (unpaired) electrons. The van der Waals surface area contributed by atoms with Crippen molar-refractivity contribution < 1.29 is 0 Å². The number of rotatable bonds is 4. The zero-order chi connectivity index (χ0) is 24.6. The van der Waals surface area contributed by atoms with Crippen molar-refractivity contribution in [2.24, 2.45) is 0 Å². The van der Waals surface area contributed by atoms with Gasteiger partial charge in [0.1, 0.15) is 0 Å². The first-order valence-electron chi connectivity index (χ1n) is 12.2. The number of aromatic nitrogens is 5. The molecule has 174 valence electrons. The average Bonchev–Trinajstić information content (AvgIpc) is 3.43.